The van der Waals surface area contributed by atoms with Crippen molar-refractivity contribution in [2.24, 2.45) is 0 Å². The zero-order valence-electron chi connectivity index (χ0n) is 16.0. The van der Waals surface area contributed by atoms with Crippen LogP contribution in [0.2, 0.25) is 0 Å². The van der Waals surface area contributed by atoms with Crippen molar-refractivity contribution in [3.63, 3.8) is 0 Å². The van der Waals surface area contributed by atoms with E-state index in [0.29, 0.717) is 6.54 Å². The van der Waals surface area contributed by atoms with E-state index in [1.807, 2.05) is 4.90 Å². The van der Waals surface area contributed by atoms with Crippen LogP contribution < -0.4 is 5.56 Å². The number of piperidine rings is 1. The Morgan fingerprint density at radius 2 is 2.11 bits per heavy atom. The second-order valence-corrected chi connectivity index (χ2v) is 6.76. The van der Waals surface area contributed by atoms with E-state index in [2.05, 4.69) is 11.9 Å². The Balaban J connectivity index is 1.95. The van der Waals surface area contributed by atoms with Crippen LogP contribution in [0.1, 0.15) is 55.6 Å². The first kappa shape index (κ1) is 19.1. The highest BCUT2D eigenvalue weighted by Gasteiger charge is 2.27. The van der Waals surface area contributed by atoms with Crippen LogP contribution in [-0.4, -0.2) is 45.5 Å². The molecule has 0 spiro atoms. The molecule has 0 saturated carbocycles. The lowest BCUT2D eigenvalue weighted by atomic mass is 10.00. The molecule has 8 heteroatoms. The van der Waals surface area contributed by atoms with Crippen molar-refractivity contribution in [3.05, 3.63) is 28.0 Å². The van der Waals surface area contributed by atoms with Gasteiger partial charge < -0.3 is 14.1 Å². The number of nitrogens with zero attached hydrogens (tertiary/aromatic N) is 3. The lowest BCUT2D eigenvalue weighted by Crippen LogP contribution is -2.45. The molecule has 3 heterocycles. The van der Waals surface area contributed by atoms with Gasteiger partial charge in [0.05, 0.1) is 6.61 Å². The van der Waals surface area contributed by atoms with Crippen molar-refractivity contribution < 1.29 is 18.7 Å². The average molecular weight is 375 g/mol. The molecule has 3 rings (SSSR count). The number of fused-ring (bicyclic) bond motifs is 1. The number of aryl methyl sites for hydroxylation is 1. The fourth-order valence-corrected chi connectivity index (χ4v) is 3.69. The van der Waals surface area contributed by atoms with Crippen LogP contribution in [0.3, 0.4) is 0 Å². The van der Waals surface area contributed by atoms with E-state index in [0.717, 1.165) is 25.7 Å². The number of hydrogen-bond acceptors (Lipinski definition) is 6. The van der Waals surface area contributed by atoms with Crippen LogP contribution in [0.5, 0.6) is 0 Å². The molecule has 0 unspecified atom stereocenters. The van der Waals surface area contributed by atoms with Crippen LogP contribution in [0.15, 0.2) is 15.5 Å². The van der Waals surface area contributed by atoms with Gasteiger partial charge in [-0.05, 0) is 39.5 Å². The summed E-state index contributed by atoms with van der Waals surface area (Å²) in [5.74, 6) is -0.458. The van der Waals surface area contributed by atoms with Gasteiger partial charge in [-0.3, -0.25) is 14.2 Å². The zero-order valence-corrected chi connectivity index (χ0v) is 16.0. The molecule has 0 N–H and O–H groups in total. The predicted octanol–water partition coefficient (Wildman–Crippen LogP) is 2.27. The highest BCUT2D eigenvalue weighted by Crippen LogP contribution is 2.22. The van der Waals surface area contributed by atoms with E-state index in [1.54, 1.807) is 13.8 Å². The third-order valence-corrected chi connectivity index (χ3v) is 5.06. The van der Waals surface area contributed by atoms with Gasteiger partial charge in [0.1, 0.15) is 29.6 Å². The minimum absolute atomic E-state index is 0.0620. The molecule has 1 atom stereocenters. The number of aromatic nitrogens is 2. The quantitative estimate of drug-likeness (QED) is 0.744. The summed E-state index contributed by atoms with van der Waals surface area (Å²) in [5.41, 5.74) is -0.317. The Bertz CT molecular complexity index is 914. The standard InChI is InChI=1S/C19H25N3O5/c1-4-13-8-6-7-9-22(13)14(23)10-21-11-20-17-16(18(21)24)15(12(3)27-17)19(25)26-5-2/h11,13H,4-10H2,1-3H3/t13-/m1/s1. The molecular formula is C19H25N3O5. The molecule has 1 aliphatic heterocycles. The summed E-state index contributed by atoms with van der Waals surface area (Å²) >= 11 is 0. The summed E-state index contributed by atoms with van der Waals surface area (Å²) < 4.78 is 11.7. The minimum atomic E-state index is -0.626. The number of carbonyl (C=O) groups is 2. The number of esters is 1. The second kappa shape index (κ2) is 7.94. The van der Waals surface area contributed by atoms with Gasteiger partial charge in [0.25, 0.3) is 5.56 Å². The van der Waals surface area contributed by atoms with Crippen molar-refractivity contribution in [2.45, 2.75) is 59.0 Å². The van der Waals surface area contributed by atoms with E-state index in [4.69, 9.17) is 9.15 Å². The maximum atomic E-state index is 12.9. The van der Waals surface area contributed by atoms with Crippen molar-refractivity contribution in [2.75, 3.05) is 13.2 Å². The molecule has 1 saturated heterocycles. The van der Waals surface area contributed by atoms with Gasteiger partial charge in [-0.2, -0.15) is 0 Å². The summed E-state index contributed by atoms with van der Waals surface area (Å²) in [7, 11) is 0. The van der Waals surface area contributed by atoms with E-state index < -0.39 is 11.5 Å². The third kappa shape index (κ3) is 3.61. The molecule has 146 valence electrons. The number of amides is 1. The van der Waals surface area contributed by atoms with Gasteiger partial charge >= 0.3 is 5.97 Å². The number of ether oxygens (including phenoxy) is 1. The molecule has 1 amide bonds. The summed E-state index contributed by atoms with van der Waals surface area (Å²) in [6.45, 7) is 6.13. The molecule has 8 nitrogen and oxygen atoms in total. The largest absolute Gasteiger partial charge is 0.462 e. The Hall–Kier alpha value is -2.64. The predicted molar refractivity (Wildman–Crippen MR) is 98.6 cm³/mol. The molecule has 2 aromatic heterocycles. The SMILES string of the molecule is CCOC(=O)c1c(C)oc2ncn(CC(=O)N3CCCC[C@H]3CC)c(=O)c12. The van der Waals surface area contributed by atoms with Crippen molar-refractivity contribution in [3.8, 4) is 0 Å². The van der Waals surface area contributed by atoms with Crippen LogP contribution in [-0.2, 0) is 16.1 Å². The maximum absolute atomic E-state index is 12.9. The summed E-state index contributed by atoms with van der Waals surface area (Å²) in [6, 6.07) is 0.213. The monoisotopic (exact) mass is 375 g/mol. The molecule has 1 fully saturated rings. The first-order valence-electron chi connectivity index (χ1n) is 9.43. The van der Waals surface area contributed by atoms with Crippen LogP contribution in [0.4, 0.5) is 0 Å². The van der Waals surface area contributed by atoms with Gasteiger partial charge in [0, 0.05) is 12.6 Å². The Morgan fingerprint density at radius 1 is 1.33 bits per heavy atom. The van der Waals surface area contributed by atoms with E-state index >= 15 is 0 Å². The molecule has 0 aliphatic carbocycles. The minimum Gasteiger partial charge on any atom is -0.462 e. The lowest BCUT2D eigenvalue weighted by molar-refractivity contribution is -0.135. The molecule has 2 aromatic rings. The number of carbonyl (C=O) groups excluding carboxylic acids is 2. The molecular weight excluding hydrogens is 350 g/mol. The first-order valence-corrected chi connectivity index (χ1v) is 9.43. The first-order chi connectivity index (χ1) is 13.0. The van der Waals surface area contributed by atoms with Crippen LogP contribution >= 0.6 is 0 Å². The van der Waals surface area contributed by atoms with Crippen LogP contribution in [0, 0.1) is 6.92 Å². The molecule has 0 bridgehead atoms. The summed E-state index contributed by atoms with van der Waals surface area (Å²) in [5, 5.41) is 0.0620. The molecule has 0 radical (unpaired) electrons. The third-order valence-electron chi connectivity index (χ3n) is 5.06. The van der Waals surface area contributed by atoms with Gasteiger partial charge in [-0.25, -0.2) is 9.78 Å². The smallest absolute Gasteiger partial charge is 0.342 e. The van der Waals surface area contributed by atoms with Crippen LogP contribution in [0.25, 0.3) is 11.1 Å². The van der Waals surface area contributed by atoms with Gasteiger partial charge in [0.15, 0.2) is 0 Å². The number of hydrogen-bond donors (Lipinski definition) is 0. The average Bonchev–Trinajstić information content (AvgIpc) is 3.01. The Kier molecular flexibility index (Phi) is 5.62. The normalized spacial score (nSPS) is 17.3. The summed E-state index contributed by atoms with van der Waals surface area (Å²) in [4.78, 5) is 43.9. The second-order valence-electron chi connectivity index (χ2n) is 6.76. The van der Waals surface area contributed by atoms with E-state index in [9.17, 15) is 14.4 Å². The zero-order chi connectivity index (χ0) is 19.6. The highest BCUT2D eigenvalue weighted by atomic mass is 16.5. The molecule has 27 heavy (non-hydrogen) atoms. The van der Waals surface area contributed by atoms with Gasteiger partial charge in [-0.15, -0.1) is 0 Å². The fraction of sp³-hybridized carbons (Fsp3) is 0.579. The maximum Gasteiger partial charge on any atom is 0.342 e. The molecule has 1 aliphatic rings. The summed E-state index contributed by atoms with van der Waals surface area (Å²) in [6.07, 6.45) is 5.27. The van der Waals surface area contributed by atoms with Gasteiger partial charge in [-0.1, -0.05) is 6.92 Å². The number of furan rings is 1. The van der Waals surface area contributed by atoms with Crippen molar-refractivity contribution in [1.82, 2.24) is 14.5 Å². The highest BCUT2D eigenvalue weighted by molar-refractivity contribution is 6.03. The van der Waals surface area contributed by atoms with E-state index in [-0.39, 0.29) is 47.5 Å². The Morgan fingerprint density at radius 3 is 2.81 bits per heavy atom. The topological polar surface area (TPSA) is 94.6 Å². The number of rotatable bonds is 5. The molecule has 0 aromatic carbocycles. The fourth-order valence-electron chi connectivity index (χ4n) is 3.69. The number of likely N-dealkylation sites (tertiary alicyclic amines) is 1. The lowest BCUT2D eigenvalue weighted by Gasteiger charge is -2.35. The van der Waals surface area contributed by atoms with Crippen molar-refractivity contribution >= 4 is 23.0 Å². The van der Waals surface area contributed by atoms with Crippen molar-refractivity contribution in [1.29, 1.82) is 0 Å². The van der Waals surface area contributed by atoms with E-state index in [1.165, 1.54) is 10.9 Å². The van der Waals surface area contributed by atoms with Gasteiger partial charge in [0.2, 0.25) is 11.6 Å². The Labute approximate surface area is 157 Å².